The van der Waals surface area contributed by atoms with Crippen molar-refractivity contribution in [2.24, 2.45) is 5.73 Å². The lowest BCUT2D eigenvalue weighted by molar-refractivity contribution is 0.441. The Labute approximate surface area is 73.1 Å². The van der Waals surface area contributed by atoms with Crippen molar-refractivity contribution in [3.8, 4) is 0 Å². The summed E-state index contributed by atoms with van der Waals surface area (Å²) in [4.78, 5) is 0. The number of hydrogen-bond donors (Lipinski definition) is 2. The van der Waals surface area contributed by atoms with E-state index in [1.54, 1.807) is 6.92 Å². The Morgan fingerprint density at radius 3 is 2.33 bits per heavy atom. The van der Waals surface area contributed by atoms with Gasteiger partial charge in [0.1, 0.15) is 0 Å². The Bertz CT molecular complexity index is 248. The van der Waals surface area contributed by atoms with Gasteiger partial charge in [0.15, 0.2) is 0 Å². The van der Waals surface area contributed by atoms with Crippen LogP contribution in [0.25, 0.3) is 0 Å². The maximum atomic E-state index is 11.0. The Hall–Kier alpha value is -0.620. The van der Waals surface area contributed by atoms with Gasteiger partial charge in [-0.3, -0.25) is 5.41 Å². The van der Waals surface area contributed by atoms with Crippen LogP contribution in [0.3, 0.4) is 0 Å². The quantitative estimate of drug-likeness (QED) is 0.460. The van der Waals surface area contributed by atoms with E-state index in [0.717, 1.165) is 6.26 Å². The number of nitrogens with zero attached hydrogens (tertiary/aromatic N) is 1. The first-order valence-electron chi connectivity index (χ1n) is 3.66. The third kappa shape index (κ3) is 4.30. The Balaban J connectivity index is 4.11. The topological polar surface area (TPSA) is 87.2 Å². The lowest BCUT2D eigenvalue weighted by atomic mass is 10.4. The van der Waals surface area contributed by atoms with Crippen molar-refractivity contribution in [3.05, 3.63) is 0 Å². The van der Waals surface area contributed by atoms with Crippen LogP contribution >= 0.6 is 0 Å². The van der Waals surface area contributed by atoms with Crippen LogP contribution in [-0.2, 0) is 10.0 Å². The van der Waals surface area contributed by atoms with Crippen LogP contribution in [-0.4, -0.2) is 37.9 Å². The Morgan fingerprint density at radius 1 is 1.58 bits per heavy atom. The summed E-state index contributed by atoms with van der Waals surface area (Å²) in [6.07, 6.45) is 1.44. The molecule has 0 unspecified atom stereocenters. The molecule has 0 amide bonds. The van der Waals surface area contributed by atoms with Crippen LogP contribution in [0, 0.1) is 5.41 Å². The van der Waals surface area contributed by atoms with Gasteiger partial charge in [0.2, 0.25) is 10.0 Å². The van der Waals surface area contributed by atoms with E-state index in [1.807, 2.05) is 0 Å². The summed E-state index contributed by atoms with van der Waals surface area (Å²) >= 11 is 0. The van der Waals surface area contributed by atoms with Crippen molar-refractivity contribution in [2.45, 2.75) is 13.3 Å². The molecule has 72 valence electrons. The number of nitrogens with two attached hydrogens (primary N) is 1. The summed E-state index contributed by atoms with van der Waals surface area (Å²) in [7, 11) is -3.13. The molecular weight excluding hydrogens is 178 g/mol. The van der Waals surface area contributed by atoms with E-state index in [2.05, 4.69) is 0 Å². The minimum atomic E-state index is -3.13. The predicted octanol–water partition coefficient (Wildman–Crippen LogP) is -0.406. The van der Waals surface area contributed by atoms with Crippen LogP contribution in [0.1, 0.15) is 13.3 Å². The molecule has 0 aliphatic carbocycles. The second-order valence-corrected chi connectivity index (χ2v) is 4.51. The molecule has 0 aromatic carbocycles. The van der Waals surface area contributed by atoms with E-state index in [0.29, 0.717) is 19.5 Å². The molecule has 0 aromatic rings. The largest absolute Gasteiger partial charge is 0.388 e. The summed E-state index contributed by atoms with van der Waals surface area (Å²) in [5, 5.41) is 6.92. The number of rotatable bonds is 5. The molecule has 0 rings (SSSR count). The molecule has 0 bridgehead atoms. The van der Waals surface area contributed by atoms with Crippen molar-refractivity contribution in [1.82, 2.24) is 4.31 Å². The summed E-state index contributed by atoms with van der Waals surface area (Å²) in [6, 6.07) is 0. The van der Waals surface area contributed by atoms with E-state index in [-0.39, 0.29) is 5.84 Å². The molecule has 3 N–H and O–H groups in total. The monoisotopic (exact) mass is 193 g/mol. The molecule has 0 heterocycles. The highest BCUT2D eigenvalue weighted by Gasteiger charge is 2.13. The first-order valence-corrected chi connectivity index (χ1v) is 5.50. The van der Waals surface area contributed by atoms with Gasteiger partial charge in [-0.25, -0.2) is 12.7 Å². The molecular formula is C6H15N3O2S. The van der Waals surface area contributed by atoms with Gasteiger partial charge in [0.25, 0.3) is 0 Å². The van der Waals surface area contributed by atoms with Gasteiger partial charge in [0.05, 0.1) is 12.1 Å². The number of nitrogens with one attached hydrogen (secondary N) is 1. The zero-order valence-corrected chi connectivity index (χ0v) is 8.19. The minimum Gasteiger partial charge on any atom is -0.388 e. The van der Waals surface area contributed by atoms with Crippen molar-refractivity contribution in [2.75, 3.05) is 19.3 Å². The van der Waals surface area contributed by atoms with Crippen molar-refractivity contribution < 1.29 is 8.42 Å². The molecule has 0 radical (unpaired) electrons. The summed E-state index contributed by atoms with van der Waals surface area (Å²) < 4.78 is 23.3. The van der Waals surface area contributed by atoms with Crippen molar-refractivity contribution >= 4 is 15.9 Å². The fourth-order valence-corrected chi connectivity index (χ4v) is 1.70. The third-order valence-electron chi connectivity index (χ3n) is 1.45. The third-order valence-corrected chi connectivity index (χ3v) is 2.83. The zero-order valence-electron chi connectivity index (χ0n) is 7.37. The standard InChI is InChI=1S/C6H15N3O2S/c1-3-9(12(2,10)11)5-4-6(7)8/h3-5H2,1-2H3,(H3,7,8). The van der Waals surface area contributed by atoms with Crippen molar-refractivity contribution in [3.63, 3.8) is 0 Å². The summed E-state index contributed by atoms with van der Waals surface area (Å²) in [5.41, 5.74) is 5.10. The maximum Gasteiger partial charge on any atom is 0.211 e. The molecule has 0 saturated carbocycles. The van der Waals surface area contributed by atoms with Crippen LogP contribution in [0.2, 0.25) is 0 Å². The highest BCUT2D eigenvalue weighted by Crippen LogP contribution is 1.97. The smallest absolute Gasteiger partial charge is 0.211 e. The highest BCUT2D eigenvalue weighted by atomic mass is 32.2. The van der Waals surface area contributed by atoms with Gasteiger partial charge in [-0.05, 0) is 0 Å². The molecule has 0 atom stereocenters. The second kappa shape index (κ2) is 4.42. The molecule has 5 nitrogen and oxygen atoms in total. The molecule has 0 saturated heterocycles. The van der Waals surface area contributed by atoms with Crippen LogP contribution < -0.4 is 5.73 Å². The zero-order chi connectivity index (χ0) is 9.78. The molecule has 0 fully saturated rings. The second-order valence-electron chi connectivity index (χ2n) is 2.53. The fourth-order valence-electron chi connectivity index (χ4n) is 0.804. The number of hydrogen-bond acceptors (Lipinski definition) is 3. The summed E-state index contributed by atoms with van der Waals surface area (Å²) in [6.45, 7) is 2.47. The lowest BCUT2D eigenvalue weighted by Gasteiger charge is -2.16. The molecule has 0 aromatic heterocycles. The van der Waals surface area contributed by atoms with Gasteiger partial charge in [-0.15, -0.1) is 0 Å². The molecule has 0 aliphatic heterocycles. The lowest BCUT2D eigenvalue weighted by Crippen LogP contribution is -2.32. The van der Waals surface area contributed by atoms with Gasteiger partial charge >= 0.3 is 0 Å². The van der Waals surface area contributed by atoms with Gasteiger partial charge < -0.3 is 5.73 Å². The first-order chi connectivity index (χ1) is 5.38. The molecule has 12 heavy (non-hydrogen) atoms. The van der Waals surface area contributed by atoms with Crippen LogP contribution in [0.15, 0.2) is 0 Å². The Morgan fingerprint density at radius 2 is 2.08 bits per heavy atom. The molecule has 6 heteroatoms. The van der Waals surface area contributed by atoms with Crippen LogP contribution in [0.5, 0.6) is 0 Å². The van der Waals surface area contributed by atoms with Gasteiger partial charge in [-0.1, -0.05) is 6.92 Å². The minimum absolute atomic E-state index is 0.0112. The molecule has 0 aliphatic rings. The predicted molar refractivity (Wildman–Crippen MR) is 48.6 cm³/mol. The van der Waals surface area contributed by atoms with E-state index in [4.69, 9.17) is 11.1 Å². The number of amidine groups is 1. The maximum absolute atomic E-state index is 11.0. The van der Waals surface area contributed by atoms with Gasteiger partial charge in [0, 0.05) is 19.5 Å². The van der Waals surface area contributed by atoms with E-state index >= 15 is 0 Å². The highest BCUT2D eigenvalue weighted by molar-refractivity contribution is 7.88. The SMILES string of the molecule is CCN(CCC(=N)N)S(C)(=O)=O. The van der Waals surface area contributed by atoms with Crippen LogP contribution in [0.4, 0.5) is 0 Å². The van der Waals surface area contributed by atoms with E-state index in [9.17, 15) is 8.42 Å². The average molecular weight is 193 g/mol. The fraction of sp³-hybridized carbons (Fsp3) is 0.833. The molecule has 0 spiro atoms. The first kappa shape index (κ1) is 11.4. The average Bonchev–Trinajstić information content (AvgIpc) is 1.85. The summed E-state index contributed by atoms with van der Waals surface area (Å²) in [5.74, 6) is 0.0112. The normalized spacial score (nSPS) is 11.9. The van der Waals surface area contributed by atoms with E-state index in [1.165, 1.54) is 4.31 Å². The van der Waals surface area contributed by atoms with Crippen molar-refractivity contribution in [1.29, 1.82) is 5.41 Å². The van der Waals surface area contributed by atoms with E-state index < -0.39 is 10.0 Å². The van der Waals surface area contributed by atoms with Gasteiger partial charge in [-0.2, -0.15) is 0 Å². The number of sulfonamides is 1. The Kier molecular flexibility index (Phi) is 4.19.